The van der Waals surface area contributed by atoms with Gasteiger partial charge < -0.3 is 19.6 Å². The van der Waals surface area contributed by atoms with Gasteiger partial charge in [-0.2, -0.15) is 0 Å². The summed E-state index contributed by atoms with van der Waals surface area (Å²) in [4.78, 5) is 38.9. The number of nitrogens with zero attached hydrogens (tertiary/aromatic N) is 1. The molecule has 1 aromatic heterocycles. The lowest BCUT2D eigenvalue weighted by Gasteiger charge is -2.23. The first-order valence-electron chi connectivity index (χ1n) is 10.2. The van der Waals surface area contributed by atoms with Gasteiger partial charge in [-0.15, -0.1) is 0 Å². The van der Waals surface area contributed by atoms with Crippen LogP contribution in [0.15, 0.2) is 70.9 Å². The number of carbonyl (C=O) groups excluding carboxylic acids is 3. The molecule has 0 bridgehead atoms. The minimum Gasteiger partial charge on any atom is -0.507 e. The molecule has 4 rings (SSSR count). The van der Waals surface area contributed by atoms with Gasteiger partial charge in [-0.25, -0.2) is 0 Å². The highest BCUT2D eigenvalue weighted by Gasteiger charge is 2.48. The molecule has 3 aromatic rings. The normalized spacial score (nSPS) is 17.3. The van der Waals surface area contributed by atoms with Crippen LogP contribution in [-0.4, -0.2) is 29.8 Å². The van der Waals surface area contributed by atoms with Gasteiger partial charge in [-0.1, -0.05) is 11.6 Å². The van der Waals surface area contributed by atoms with Gasteiger partial charge in [0, 0.05) is 18.3 Å². The molecule has 0 radical (unpaired) electrons. The van der Waals surface area contributed by atoms with Crippen LogP contribution in [0.25, 0.3) is 5.76 Å². The van der Waals surface area contributed by atoms with Crippen LogP contribution in [0.2, 0.25) is 0 Å². The zero-order chi connectivity index (χ0) is 23.7. The van der Waals surface area contributed by atoms with E-state index in [9.17, 15) is 19.5 Å². The van der Waals surface area contributed by atoms with Crippen molar-refractivity contribution in [2.24, 2.45) is 0 Å². The third-order valence-electron chi connectivity index (χ3n) is 5.33. The molecule has 1 aliphatic heterocycles. The minimum absolute atomic E-state index is 0.107. The van der Waals surface area contributed by atoms with E-state index in [4.69, 9.17) is 9.15 Å². The number of rotatable bonds is 5. The third kappa shape index (κ3) is 3.98. The van der Waals surface area contributed by atoms with Crippen molar-refractivity contribution < 1.29 is 28.6 Å². The second-order valence-corrected chi connectivity index (χ2v) is 7.62. The fraction of sp³-hybridized carbons (Fsp3) is 0.160. The molecule has 8 nitrogen and oxygen atoms in total. The Hall–Kier alpha value is -4.33. The molecule has 0 aliphatic carbocycles. The van der Waals surface area contributed by atoms with Crippen LogP contribution in [0.3, 0.4) is 0 Å². The van der Waals surface area contributed by atoms with E-state index in [0.29, 0.717) is 28.4 Å². The van der Waals surface area contributed by atoms with Crippen LogP contribution < -0.4 is 15.0 Å². The number of hydrogen-bond acceptors (Lipinski definition) is 6. The van der Waals surface area contributed by atoms with Gasteiger partial charge in [0.2, 0.25) is 5.91 Å². The molecule has 33 heavy (non-hydrogen) atoms. The number of nitrogens with one attached hydrogen (secondary N) is 1. The van der Waals surface area contributed by atoms with Gasteiger partial charge in [0.15, 0.2) is 0 Å². The third-order valence-corrected chi connectivity index (χ3v) is 5.33. The molecule has 2 N–H and O–H groups in total. The van der Waals surface area contributed by atoms with Crippen LogP contribution in [0.4, 0.5) is 11.4 Å². The average Bonchev–Trinajstić information content (AvgIpc) is 3.41. The zero-order valence-corrected chi connectivity index (χ0v) is 18.3. The molecule has 1 aliphatic rings. The van der Waals surface area contributed by atoms with Crippen LogP contribution in [0.1, 0.15) is 29.9 Å². The smallest absolute Gasteiger partial charge is 0.300 e. The van der Waals surface area contributed by atoms with E-state index in [2.05, 4.69) is 5.32 Å². The second-order valence-electron chi connectivity index (χ2n) is 7.62. The van der Waals surface area contributed by atoms with Gasteiger partial charge in [0.25, 0.3) is 11.7 Å². The maximum atomic E-state index is 13.2. The summed E-state index contributed by atoms with van der Waals surface area (Å²) in [5.74, 6) is -1.56. The maximum absolute atomic E-state index is 13.2. The number of hydrogen-bond donors (Lipinski definition) is 2. The van der Waals surface area contributed by atoms with Crippen molar-refractivity contribution in [3.8, 4) is 5.75 Å². The second kappa shape index (κ2) is 8.66. The number of benzene rings is 2. The Morgan fingerprint density at radius 2 is 1.85 bits per heavy atom. The van der Waals surface area contributed by atoms with Gasteiger partial charge >= 0.3 is 0 Å². The Morgan fingerprint density at radius 1 is 1.12 bits per heavy atom. The molecular formula is C25H22N2O6. The highest BCUT2D eigenvalue weighted by atomic mass is 16.5. The number of anilines is 2. The van der Waals surface area contributed by atoms with Gasteiger partial charge in [0.1, 0.15) is 23.3 Å². The van der Waals surface area contributed by atoms with Crippen LogP contribution in [-0.2, 0) is 14.4 Å². The van der Waals surface area contributed by atoms with E-state index in [1.54, 1.807) is 48.5 Å². The first-order valence-corrected chi connectivity index (χ1v) is 10.2. The number of ketones is 1. The van der Waals surface area contributed by atoms with Crippen LogP contribution >= 0.6 is 0 Å². The molecule has 1 saturated heterocycles. The number of aliphatic hydroxyl groups is 1. The number of amides is 2. The van der Waals surface area contributed by atoms with Crippen molar-refractivity contribution in [3.05, 3.63) is 83.3 Å². The predicted molar refractivity (Wildman–Crippen MR) is 122 cm³/mol. The summed E-state index contributed by atoms with van der Waals surface area (Å²) in [5.41, 5.74) is 1.98. The minimum atomic E-state index is -0.989. The maximum Gasteiger partial charge on any atom is 0.300 e. The molecule has 2 heterocycles. The zero-order valence-electron chi connectivity index (χ0n) is 18.3. The Morgan fingerprint density at radius 3 is 2.45 bits per heavy atom. The van der Waals surface area contributed by atoms with Crippen molar-refractivity contribution in [2.75, 3.05) is 17.3 Å². The SMILES string of the molecule is COc1ccc(C)cc1/C(O)=C1/C(=O)C(=O)N(c2ccc(NC(C)=O)cc2)C1c1ccco1. The molecule has 1 atom stereocenters. The fourth-order valence-electron chi connectivity index (χ4n) is 3.88. The number of carbonyl (C=O) groups is 3. The molecular weight excluding hydrogens is 424 g/mol. The van der Waals surface area contributed by atoms with Crippen molar-refractivity contribution in [2.45, 2.75) is 19.9 Å². The number of Topliss-reactive ketones (excluding diaryl/α,β-unsaturated/α-hetero) is 1. The van der Waals surface area contributed by atoms with Gasteiger partial charge in [-0.3, -0.25) is 19.3 Å². The largest absolute Gasteiger partial charge is 0.507 e. The van der Waals surface area contributed by atoms with Crippen LogP contribution in [0.5, 0.6) is 5.75 Å². The summed E-state index contributed by atoms with van der Waals surface area (Å²) in [6.07, 6.45) is 1.43. The molecule has 1 fully saturated rings. The van der Waals surface area contributed by atoms with E-state index in [-0.39, 0.29) is 17.2 Å². The lowest BCUT2D eigenvalue weighted by Crippen LogP contribution is -2.29. The van der Waals surface area contributed by atoms with E-state index >= 15 is 0 Å². The van der Waals surface area contributed by atoms with E-state index < -0.39 is 17.7 Å². The topological polar surface area (TPSA) is 109 Å². The number of furan rings is 1. The Bertz CT molecular complexity index is 1260. The van der Waals surface area contributed by atoms with Crippen molar-refractivity contribution in [3.63, 3.8) is 0 Å². The van der Waals surface area contributed by atoms with Gasteiger partial charge in [0.05, 0.1) is 24.5 Å². The number of methoxy groups -OCH3 is 1. The van der Waals surface area contributed by atoms with Crippen molar-refractivity contribution in [1.82, 2.24) is 0 Å². The first-order chi connectivity index (χ1) is 15.8. The molecule has 8 heteroatoms. The van der Waals surface area contributed by atoms with E-state index in [0.717, 1.165) is 5.56 Å². The van der Waals surface area contributed by atoms with E-state index in [1.807, 2.05) is 13.0 Å². The summed E-state index contributed by atoms with van der Waals surface area (Å²) in [6, 6.07) is 13.9. The molecule has 2 aromatic carbocycles. The molecule has 1 unspecified atom stereocenters. The first kappa shape index (κ1) is 21.9. The van der Waals surface area contributed by atoms with Crippen LogP contribution in [0, 0.1) is 6.92 Å². The monoisotopic (exact) mass is 446 g/mol. The molecule has 0 saturated carbocycles. The summed E-state index contributed by atoms with van der Waals surface area (Å²) < 4.78 is 10.9. The quantitative estimate of drug-likeness (QED) is 0.346. The summed E-state index contributed by atoms with van der Waals surface area (Å²) in [6.45, 7) is 3.23. The molecule has 0 spiro atoms. The average molecular weight is 446 g/mol. The Kier molecular flexibility index (Phi) is 5.74. The lowest BCUT2D eigenvalue weighted by molar-refractivity contribution is -0.132. The Balaban J connectivity index is 1.88. The number of ether oxygens (including phenoxy) is 1. The van der Waals surface area contributed by atoms with Gasteiger partial charge in [-0.05, 0) is 55.5 Å². The fourth-order valence-corrected chi connectivity index (χ4v) is 3.88. The Labute approximate surface area is 190 Å². The number of aliphatic hydroxyl groups excluding tert-OH is 1. The molecule has 2 amide bonds. The standard InChI is InChI=1S/C25H22N2O6/c1-14-6-11-19(32-3)18(13-14)23(29)21-22(20-5-4-12-33-20)27(25(31)24(21)30)17-9-7-16(8-10-17)26-15(2)28/h4-13,22,29H,1-3H3,(H,26,28)/b23-21-. The lowest BCUT2D eigenvalue weighted by atomic mass is 9.97. The predicted octanol–water partition coefficient (Wildman–Crippen LogP) is 4.18. The summed E-state index contributed by atoms with van der Waals surface area (Å²) in [5, 5.41) is 13.9. The van der Waals surface area contributed by atoms with E-state index in [1.165, 1.54) is 25.2 Å². The highest BCUT2D eigenvalue weighted by Crippen LogP contribution is 2.43. The van der Waals surface area contributed by atoms with Crippen molar-refractivity contribution >= 4 is 34.7 Å². The van der Waals surface area contributed by atoms with Crippen molar-refractivity contribution in [1.29, 1.82) is 0 Å². The highest BCUT2D eigenvalue weighted by molar-refractivity contribution is 6.51. The number of aryl methyl sites for hydroxylation is 1. The summed E-state index contributed by atoms with van der Waals surface area (Å²) in [7, 11) is 1.46. The molecule has 168 valence electrons. The summed E-state index contributed by atoms with van der Waals surface area (Å²) >= 11 is 0.